The van der Waals surface area contributed by atoms with Crippen LogP contribution in [-0.2, 0) is 9.53 Å². The van der Waals surface area contributed by atoms with E-state index in [4.69, 9.17) is 4.74 Å². The minimum atomic E-state index is -0.584. The van der Waals surface area contributed by atoms with Gasteiger partial charge in [0.05, 0.1) is 12.1 Å². The van der Waals surface area contributed by atoms with Gasteiger partial charge in [-0.2, -0.15) is 0 Å². The van der Waals surface area contributed by atoms with Crippen LogP contribution in [0.3, 0.4) is 0 Å². The monoisotopic (exact) mass is 262 g/mol. The van der Waals surface area contributed by atoms with Gasteiger partial charge < -0.3 is 9.64 Å². The lowest BCUT2D eigenvalue weighted by Gasteiger charge is -2.31. The fraction of sp³-hybridized carbons (Fsp3) is 0.429. The second kappa shape index (κ2) is 6.45. The highest BCUT2D eigenvalue weighted by Crippen LogP contribution is 2.03. The summed E-state index contributed by atoms with van der Waals surface area (Å²) in [4.78, 5) is 27.6. The van der Waals surface area contributed by atoms with Crippen molar-refractivity contribution >= 4 is 11.9 Å². The average Bonchev–Trinajstić information content (AvgIpc) is 2.42. The Morgan fingerprint density at radius 1 is 1.11 bits per heavy atom. The summed E-state index contributed by atoms with van der Waals surface area (Å²) in [6.45, 7) is 3.68. The van der Waals surface area contributed by atoms with Crippen molar-refractivity contribution in [1.29, 1.82) is 0 Å². The molecule has 5 nitrogen and oxygen atoms in total. The molecule has 1 heterocycles. The molecule has 0 amide bonds. The molecule has 1 aliphatic heterocycles. The maximum atomic E-state index is 11.7. The summed E-state index contributed by atoms with van der Waals surface area (Å²) >= 11 is 0. The quantitative estimate of drug-likeness (QED) is 0.590. The first kappa shape index (κ1) is 13.7. The Labute approximate surface area is 112 Å². The number of likely N-dealkylation sites (N-methyl/N-ethyl adjacent to an activating group) is 1. The van der Waals surface area contributed by atoms with Gasteiger partial charge in [0.1, 0.15) is 0 Å². The molecule has 0 unspecified atom stereocenters. The van der Waals surface area contributed by atoms with Crippen molar-refractivity contribution in [2.45, 2.75) is 0 Å². The van der Waals surface area contributed by atoms with E-state index in [1.807, 2.05) is 11.0 Å². The van der Waals surface area contributed by atoms with Gasteiger partial charge in [0.2, 0.25) is 0 Å². The van der Waals surface area contributed by atoms with E-state index in [0.717, 1.165) is 26.2 Å². The number of benzene rings is 1. The van der Waals surface area contributed by atoms with Crippen LogP contribution in [-0.4, -0.2) is 61.5 Å². The standard InChI is InChI=1S/C14H18N2O3/c1-15-7-9-16(10-8-15)11-13(17)19-14(18)12-5-3-2-4-6-12/h2-6H,7-11H2,1H3. The third-order valence-corrected chi connectivity index (χ3v) is 3.16. The lowest BCUT2D eigenvalue weighted by molar-refractivity contribution is -0.139. The van der Waals surface area contributed by atoms with Crippen molar-refractivity contribution in [1.82, 2.24) is 9.80 Å². The number of ether oxygens (including phenoxy) is 1. The summed E-state index contributed by atoms with van der Waals surface area (Å²) in [6.07, 6.45) is 0. The first-order valence-corrected chi connectivity index (χ1v) is 6.36. The van der Waals surface area contributed by atoms with Crippen LogP contribution in [0, 0.1) is 0 Å². The summed E-state index contributed by atoms with van der Waals surface area (Å²) < 4.78 is 4.83. The lowest BCUT2D eigenvalue weighted by Crippen LogP contribution is -2.46. The Kier molecular flexibility index (Phi) is 4.65. The third-order valence-electron chi connectivity index (χ3n) is 3.16. The zero-order chi connectivity index (χ0) is 13.7. The molecule has 0 saturated carbocycles. The molecule has 0 aromatic heterocycles. The second-order valence-corrected chi connectivity index (χ2v) is 4.71. The van der Waals surface area contributed by atoms with Crippen molar-refractivity contribution in [2.75, 3.05) is 39.8 Å². The fourth-order valence-electron chi connectivity index (χ4n) is 1.96. The van der Waals surface area contributed by atoms with Crippen molar-refractivity contribution < 1.29 is 14.3 Å². The minimum Gasteiger partial charge on any atom is -0.388 e. The van der Waals surface area contributed by atoms with E-state index < -0.39 is 11.9 Å². The van der Waals surface area contributed by atoms with Crippen molar-refractivity contribution in [3.63, 3.8) is 0 Å². The van der Waals surface area contributed by atoms with E-state index >= 15 is 0 Å². The van der Waals surface area contributed by atoms with Gasteiger partial charge in [-0.1, -0.05) is 18.2 Å². The summed E-state index contributed by atoms with van der Waals surface area (Å²) in [5, 5.41) is 0. The lowest BCUT2D eigenvalue weighted by atomic mass is 10.2. The minimum absolute atomic E-state index is 0.173. The molecule has 0 spiro atoms. The van der Waals surface area contributed by atoms with E-state index in [1.54, 1.807) is 24.3 Å². The molecule has 0 aliphatic carbocycles. The maximum absolute atomic E-state index is 11.7. The smallest absolute Gasteiger partial charge is 0.345 e. The summed E-state index contributed by atoms with van der Waals surface area (Å²) in [5.41, 5.74) is 0.397. The van der Waals surface area contributed by atoms with Gasteiger partial charge in [0.25, 0.3) is 0 Å². The Balaban J connectivity index is 1.80. The molecule has 5 heteroatoms. The Hall–Kier alpha value is -1.72. The number of carbonyl (C=O) groups excluding carboxylic acids is 2. The highest BCUT2D eigenvalue weighted by atomic mass is 16.6. The maximum Gasteiger partial charge on any atom is 0.345 e. The molecule has 1 fully saturated rings. The second-order valence-electron chi connectivity index (χ2n) is 4.71. The number of hydrogen-bond acceptors (Lipinski definition) is 5. The Bertz CT molecular complexity index is 439. The first-order valence-electron chi connectivity index (χ1n) is 6.36. The van der Waals surface area contributed by atoms with E-state index in [2.05, 4.69) is 11.9 Å². The molecule has 102 valence electrons. The largest absolute Gasteiger partial charge is 0.388 e. The molecule has 1 aromatic rings. The molecule has 2 rings (SSSR count). The zero-order valence-electron chi connectivity index (χ0n) is 11.0. The van der Waals surface area contributed by atoms with Crippen LogP contribution < -0.4 is 0 Å². The molecular formula is C14H18N2O3. The van der Waals surface area contributed by atoms with Crippen molar-refractivity contribution in [3.05, 3.63) is 35.9 Å². The van der Waals surface area contributed by atoms with Gasteiger partial charge >= 0.3 is 11.9 Å². The molecule has 0 radical (unpaired) electrons. The SMILES string of the molecule is CN1CCN(CC(=O)OC(=O)c2ccccc2)CC1. The van der Waals surface area contributed by atoms with Gasteiger partial charge in [-0.05, 0) is 19.2 Å². The normalized spacial score (nSPS) is 17.1. The number of piperazine rings is 1. The van der Waals surface area contributed by atoms with Crippen LogP contribution in [0.25, 0.3) is 0 Å². The van der Waals surface area contributed by atoms with E-state index in [1.165, 1.54) is 0 Å². The van der Waals surface area contributed by atoms with Crippen LogP contribution in [0.5, 0.6) is 0 Å². The molecule has 0 N–H and O–H groups in total. The molecule has 1 aliphatic rings. The van der Waals surface area contributed by atoms with Crippen LogP contribution in [0.4, 0.5) is 0 Å². The van der Waals surface area contributed by atoms with E-state index in [-0.39, 0.29) is 6.54 Å². The Morgan fingerprint density at radius 2 is 1.74 bits per heavy atom. The van der Waals surface area contributed by atoms with Crippen LogP contribution in [0.15, 0.2) is 30.3 Å². The first-order chi connectivity index (χ1) is 9.15. The van der Waals surface area contributed by atoms with Crippen LogP contribution in [0.1, 0.15) is 10.4 Å². The van der Waals surface area contributed by atoms with E-state index in [0.29, 0.717) is 5.56 Å². The van der Waals surface area contributed by atoms with Gasteiger partial charge in [0.15, 0.2) is 0 Å². The van der Waals surface area contributed by atoms with Crippen molar-refractivity contribution in [2.24, 2.45) is 0 Å². The summed E-state index contributed by atoms with van der Waals surface area (Å²) in [5.74, 6) is -1.07. The molecule has 0 bridgehead atoms. The number of rotatable bonds is 3. The summed E-state index contributed by atoms with van der Waals surface area (Å²) in [7, 11) is 2.05. The molecular weight excluding hydrogens is 244 g/mol. The summed E-state index contributed by atoms with van der Waals surface area (Å²) in [6, 6.07) is 8.54. The van der Waals surface area contributed by atoms with Gasteiger partial charge in [-0.15, -0.1) is 0 Å². The fourth-order valence-corrected chi connectivity index (χ4v) is 1.96. The molecule has 0 atom stereocenters. The van der Waals surface area contributed by atoms with E-state index in [9.17, 15) is 9.59 Å². The third kappa shape index (κ3) is 4.15. The number of carbonyl (C=O) groups is 2. The van der Waals surface area contributed by atoms with Crippen LogP contribution in [0.2, 0.25) is 0 Å². The highest BCUT2D eigenvalue weighted by molar-refractivity contribution is 5.97. The molecule has 1 aromatic carbocycles. The molecule has 1 saturated heterocycles. The Morgan fingerprint density at radius 3 is 2.37 bits per heavy atom. The highest BCUT2D eigenvalue weighted by Gasteiger charge is 2.19. The molecule has 19 heavy (non-hydrogen) atoms. The zero-order valence-corrected chi connectivity index (χ0v) is 11.0. The van der Waals surface area contributed by atoms with Gasteiger partial charge in [0, 0.05) is 26.2 Å². The topological polar surface area (TPSA) is 49.9 Å². The number of hydrogen-bond donors (Lipinski definition) is 0. The number of esters is 2. The predicted octanol–water partition coefficient (Wildman–Crippen LogP) is 0.617. The van der Waals surface area contributed by atoms with Gasteiger partial charge in [-0.3, -0.25) is 9.69 Å². The van der Waals surface area contributed by atoms with Gasteiger partial charge in [-0.25, -0.2) is 4.79 Å². The number of nitrogens with zero attached hydrogens (tertiary/aromatic N) is 2. The average molecular weight is 262 g/mol. The van der Waals surface area contributed by atoms with Crippen LogP contribution >= 0.6 is 0 Å². The predicted molar refractivity (Wildman–Crippen MR) is 70.8 cm³/mol. The van der Waals surface area contributed by atoms with Crippen molar-refractivity contribution in [3.8, 4) is 0 Å².